The summed E-state index contributed by atoms with van der Waals surface area (Å²) < 4.78 is 10.6. The fraction of sp³-hybridized carbons (Fsp3) is 0.500. The van der Waals surface area contributed by atoms with Crippen molar-refractivity contribution in [1.29, 1.82) is 0 Å². The number of methoxy groups -OCH3 is 1. The van der Waals surface area contributed by atoms with Crippen LogP contribution in [0.15, 0.2) is 22.7 Å². The Hall–Kier alpha value is -2.15. The Morgan fingerprint density at radius 2 is 2.29 bits per heavy atom. The van der Waals surface area contributed by atoms with Gasteiger partial charge in [0.15, 0.2) is 5.58 Å². The molecule has 0 aliphatic carbocycles. The second kappa shape index (κ2) is 6.09. The molecule has 3 heterocycles. The molecule has 7 nitrogen and oxygen atoms in total. The number of hydrogen-bond donors (Lipinski definition) is 0. The van der Waals surface area contributed by atoms with Crippen LogP contribution in [-0.2, 0) is 9.53 Å². The summed E-state index contributed by atoms with van der Waals surface area (Å²) in [6.45, 7) is 3.02. The van der Waals surface area contributed by atoms with Crippen LogP contribution in [0.25, 0.3) is 11.2 Å². The van der Waals surface area contributed by atoms with Gasteiger partial charge in [0.1, 0.15) is 6.61 Å². The fourth-order valence-corrected chi connectivity index (χ4v) is 2.47. The number of ether oxygens (including phenoxy) is 1. The van der Waals surface area contributed by atoms with Crippen LogP contribution in [-0.4, -0.2) is 60.7 Å². The van der Waals surface area contributed by atoms with Crippen molar-refractivity contribution >= 4 is 23.2 Å². The molecule has 0 saturated carbocycles. The van der Waals surface area contributed by atoms with E-state index in [4.69, 9.17) is 9.15 Å². The molecule has 112 valence electrons. The molecule has 0 radical (unpaired) electrons. The van der Waals surface area contributed by atoms with Crippen molar-refractivity contribution < 1.29 is 13.9 Å². The minimum Gasteiger partial charge on any atom is -0.422 e. The van der Waals surface area contributed by atoms with Crippen LogP contribution < -0.4 is 4.90 Å². The van der Waals surface area contributed by atoms with Crippen LogP contribution >= 0.6 is 0 Å². The van der Waals surface area contributed by atoms with Crippen LogP contribution in [0.2, 0.25) is 0 Å². The molecule has 1 aliphatic rings. The lowest BCUT2D eigenvalue weighted by molar-refractivity contribution is -0.134. The largest absolute Gasteiger partial charge is 0.422 e. The molecule has 0 N–H and O–H groups in total. The summed E-state index contributed by atoms with van der Waals surface area (Å²) in [5, 5.41) is 0. The summed E-state index contributed by atoms with van der Waals surface area (Å²) in [5.74, 6) is 0.0265. The smallest absolute Gasteiger partial charge is 0.300 e. The molecule has 7 heteroatoms. The maximum atomic E-state index is 11.9. The van der Waals surface area contributed by atoms with Crippen molar-refractivity contribution in [2.24, 2.45) is 0 Å². The molecule has 0 spiro atoms. The number of rotatable bonds is 3. The Balaban J connectivity index is 1.71. The van der Waals surface area contributed by atoms with Gasteiger partial charge in [-0.2, -0.15) is 4.98 Å². The van der Waals surface area contributed by atoms with E-state index >= 15 is 0 Å². The van der Waals surface area contributed by atoms with Crippen LogP contribution in [0.3, 0.4) is 0 Å². The highest BCUT2D eigenvalue weighted by Crippen LogP contribution is 2.21. The van der Waals surface area contributed by atoms with E-state index < -0.39 is 0 Å². The first kappa shape index (κ1) is 13.8. The van der Waals surface area contributed by atoms with E-state index in [0.29, 0.717) is 30.3 Å². The van der Waals surface area contributed by atoms with Gasteiger partial charge < -0.3 is 19.0 Å². The number of nitrogens with zero attached hydrogens (tertiary/aromatic N) is 4. The first-order valence-electron chi connectivity index (χ1n) is 7.01. The predicted octanol–water partition coefficient (Wildman–Crippen LogP) is 0.908. The molecular formula is C14H18N4O3. The van der Waals surface area contributed by atoms with E-state index in [2.05, 4.69) is 14.9 Å². The van der Waals surface area contributed by atoms with Gasteiger partial charge >= 0.3 is 0 Å². The number of amides is 1. The van der Waals surface area contributed by atoms with Crippen molar-refractivity contribution in [3.8, 4) is 0 Å². The summed E-state index contributed by atoms with van der Waals surface area (Å²) in [4.78, 5) is 24.3. The van der Waals surface area contributed by atoms with Gasteiger partial charge in [-0.25, -0.2) is 4.98 Å². The average molecular weight is 290 g/mol. The van der Waals surface area contributed by atoms with Crippen molar-refractivity contribution in [2.45, 2.75) is 6.42 Å². The van der Waals surface area contributed by atoms with E-state index in [1.165, 1.54) is 7.11 Å². The third-order valence-corrected chi connectivity index (χ3v) is 3.54. The summed E-state index contributed by atoms with van der Waals surface area (Å²) in [6, 6.07) is 4.25. The summed E-state index contributed by atoms with van der Waals surface area (Å²) >= 11 is 0. The van der Waals surface area contributed by atoms with Gasteiger partial charge in [-0.1, -0.05) is 0 Å². The van der Waals surface area contributed by atoms with E-state index in [-0.39, 0.29) is 12.5 Å². The molecular weight excluding hydrogens is 272 g/mol. The number of oxazole rings is 1. The summed E-state index contributed by atoms with van der Waals surface area (Å²) in [7, 11) is 1.54. The topological polar surface area (TPSA) is 71.7 Å². The Morgan fingerprint density at radius 1 is 1.38 bits per heavy atom. The zero-order valence-corrected chi connectivity index (χ0v) is 12.0. The van der Waals surface area contributed by atoms with Gasteiger partial charge in [-0.3, -0.25) is 4.79 Å². The Labute approximate surface area is 122 Å². The number of hydrogen-bond acceptors (Lipinski definition) is 6. The van der Waals surface area contributed by atoms with E-state index in [1.807, 2.05) is 17.0 Å². The lowest BCUT2D eigenvalue weighted by Crippen LogP contribution is -2.37. The highest BCUT2D eigenvalue weighted by atomic mass is 16.5. The standard InChI is InChI=1S/C14H18N4O3/c1-20-10-12(19)17-6-3-7-18(9-8-17)14-16-13-11(21-14)4-2-5-15-13/h2,4-5H,3,6-10H2,1H3. The number of aromatic nitrogens is 2. The van der Waals surface area contributed by atoms with Crippen LogP contribution in [0.1, 0.15) is 6.42 Å². The van der Waals surface area contributed by atoms with E-state index in [1.54, 1.807) is 6.20 Å². The number of carbonyl (C=O) groups is 1. The molecule has 2 aromatic rings. The second-order valence-electron chi connectivity index (χ2n) is 4.98. The third kappa shape index (κ3) is 2.97. The maximum Gasteiger partial charge on any atom is 0.300 e. The lowest BCUT2D eigenvalue weighted by Gasteiger charge is -2.20. The van der Waals surface area contributed by atoms with Crippen molar-refractivity contribution in [2.75, 3.05) is 44.8 Å². The highest BCUT2D eigenvalue weighted by molar-refractivity contribution is 5.77. The molecule has 0 bridgehead atoms. The summed E-state index contributed by atoms with van der Waals surface area (Å²) in [6.07, 6.45) is 2.57. The van der Waals surface area contributed by atoms with Gasteiger partial charge in [-0.15, -0.1) is 0 Å². The minimum atomic E-state index is 0.0265. The van der Waals surface area contributed by atoms with E-state index in [9.17, 15) is 4.79 Å². The van der Waals surface area contributed by atoms with Crippen molar-refractivity contribution in [3.63, 3.8) is 0 Å². The van der Waals surface area contributed by atoms with Gasteiger partial charge in [0.2, 0.25) is 11.6 Å². The Kier molecular flexibility index (Phi) is 4.01. The first-order valence-corrected chi connectivity index (χ1v) is 7.01. The Morgan fingerprint density at radius 3 is 3.10 bits per heavy atom. The van der Waals surface area contributed by atoms with Crippen LogP contribution in [0.5, 0.6) is 0 Å². The summed E-state index contributed by atoms with van der Waals surface area (Å²) in [5.41, 5.74) is 1.30. The second-order valence-corrected chi connectivity index (χ2v) is 4.98. The molecule has 1 fully saturated rings. The maximum absolute atomic E-state index is 11.9. The number of anilines is 1. The molecule has 0 atom stereocenters. The van der Waals surface area contributed by atoms with Crippen molar-refractivity contribution in [1.82, 2.24) is 14.9 Å². The molecule has 2 aromatic heterocycles. The molecule has 0 aromatic carbocycles. The quantitative estimate of drug-likeness (QED) is 0.836. The van der Waals surface area contributed by atoms with Gasteiger partial charge in [0.25, 0.3) is 6.01 Å². The van der Waals surface area contributed by atoms with Gasteiger partial charge in [0, 0.05) is 39.5 Å². The van der Waals surface area contributed by atoms with Crippen LogP contribution in [0, 0.1) is 0 Å². The fourth-order valence-electron chi connectivity index (χ4n) is 2.47. The van der Waals surface area contributed by atoms with E-state index in [0.717, 1.165) is 19.5 Å². The molecule has 21 heavy (non-hydrogen) atoms. The average Bonchev–Trinajstić information content (AvgIpc) is 2.76. The monoisotopic (exact) mass is 290 g/mol. The molecule has 1 aliphatic heterocycles. The molecule has 1 saturated heterocycles. The highest BCUT2D eigenvalue weighted by Gasteiger charge is 2.21. The van der Waals surface area contributed by atoms with Crippen molar-refractivity contribution in [3.05, 3.63) is 18.3 Å². The molecule has 0 unspecified atom stereocenters. The minimum absolute atomic E-state index is 0.0265. The molecule has 3 rings (SSSR count). The number of fused-ring (bicyclic) bond motifs is 1. The SMILES string of the molecule is COCC(=O)N1CCCN(c2nc3ncccc3o2)CC1. The lowest BCUT2D eigenvalue weighted by atomic mass is 10.4. The number of carbonyl (C=O) groups excluding carboxylic acids is 1. The first-order chi connectivity index (χ1) is 10.3. The van der Waals surface area contributed by atoms with Gasteiger partial charge in [-0.05, 0) is 18.6 Å². The zero-order valence-electron chi connectivity index (χ0n) is 12.0. The zero-order chi connectivity index (χ0) is 14.7. The van der Waals surface area contributed by atoms with Gasteiger partial charge in [0.05, 0.1) is 0 Å². The molecule has 1 amide bonds. The third-order valence-electron chi connectivity index (χ3n) is 3.54. The predicted molar refractivity (Wildman–Crippen MR) is 77.1 cm³/mol. The number of pyridine rings is 1. The van der Waals surface area contributed by atoms with Crippen LogP contribution in [0.4, 0.5) is 6.01 Å². The normalized spacial score (nSPS) is 16.2. The Bertz CT molecular complexity index is 594.